The first-order chi connectivity index (χ1) is 34.0. The Labute approximate surface area is 400 Å². The van der Waals surface area contributed by atoms with Crippen LogP contribution in [0, 0.1) is 0 Å². The second kappa shape index (κ2) is 15.0. The molecule has 14 rings (SSSR count). The maximum Gasteiger partial charge on any atom is 0.220 e. The highest BCUT2D eigenvalue weighted by atomic mass is 15.2. The molecule has 0 saturated heterocycles. The van der Waals surface area contributed by atoms with Crippen molar-refractivity contribution in [3.63, 3.8) is 0 Å². The maximum absolute atomic E-state index is 5.10. The van der Waals surface area contributed by atoms with E-state index < -0.39 is 0 Å². The lowest BCUT2D eigenvalue weighted by Crippen LogP contribution is -2.15. The molecule has 0 radical (unpaired) electrons. The smallest absolute Gasteiger partial charge is 0.220 e. The topological polar surface area (TPSA) is 30.4 Å². The summed E-state index contributed by atoms with van der Waals surface area (Å²) in [4.78, 5) is 7.48. The van der Waals surface area contributed by atoms with Crippen molar-refractivity contribution in [1.82, 2.24) is 18.5 Å². The Balaban J connectivity index is 0.868. The summed E-state index contributed by atoms with van der Waals surface area (Å²) in [5.74, 6) is 0.909. The lowest BCUT2D eigenvalue weighted by Gasteiger charge is -2.27. The molecule has 3 aromatic heterocycles. The van der Waals surface area contributed by atoms with E-state index in [2.05, 4.69) is 269 Å². The van der Waals surface area contributed by atoms with Gasteiger partial charge in [-0.2, -0.15) is 0 Å². The SMILES string of the molecule is CC1(C)c2ccccc2-c2cc3c4ccccc4n(-c4cccc(N(c5ccc(-c6ccccc6)cc5)c5ccc(-c6ccc(-n7c8ccccc8n8c9ccccc9nc78)cc6)cc5)c4)c3cc21. The van der Waals surface area contributed by atoms with E-state index in [1.165, 1.54) is 55.2 Å². The van der Waals surface area contributed by atoms with Gasteiger partial charge in [0.1, 0.15) is 0 Å². The largest absolute Gasteiger partial charge is 0.310 e. The first-order valence-electron chi connectivity index (χ1n) is 23.8. The first kappa shape index (κ1) is 39.3. The summed E-state index contributed by atoms with van der Waals surface area (Å²) in [5.41, 5.74) is 22.2. The molecule has 10 aromatic carbocycles. The van der Waals surface area contributed by atoms with Crippen LogP contribution in [0.2, 0.25) is 0 Å². The molecule has 0 bridgehead atoms. The Hall–Kier alpha value is -8.93. The predicted octanol–water partition coefficient (Wildman–Crippen LogP) is 16.6. The quantitative estimate of drug-likeness (QED) is 0.160. The number of aromatic nitrogens is 4. The summed E-state index contributed by atoms with van der Waals surface area (Å²) in [6.45, 7) is 4.73. The highest BCUT2D eigenvalue weighted by Crippen LogP contribution is 2.51. The molecule has 1 aliphatic rings. The average molecular weight is 884 g/mol. The molecule has 0 spiro atoms. The molecule has 326 valence electrons. The van der Waals surface area contributed by atoms with Crippen molar-refractivity contribution in [2.24, 2.45) is 0 Å². The Morgan fingerprint density at radius 2 is 0.957 bits per heavy atom. The van der Waals surface area contributed by atoms with Crippen LogP contribution in [0.4, 0.5) is 17.1 Å². The number of rotatable bonds is 7. The summed E-state index contributed by atoms with van der Waals surface area (Å²) in [6, 6.07) is 86.1. The maximum atomic E-state index is 5.10. The molecular formula is C64H45N5. The Kier molecular flexibility index (Phi) is 8.56. The molecule has 0 saturated carbocycles. The van der Waals surface area contributed by atoms with Crippen LogP contribution in [0.5, 0.6) is 0 Å². The van der Waals surface area contributed by atoms with Crippen molar-refractivity contribution < 1.29 is 0 Å². The molecule has 0 aliphatic heterocycles. The van der Waals surface area contributed by atoms with E-state index in [-0.39, 0.29) is 5.41 Å². The van der Waals surface area contributed by atoms with Gasteiger partial charge in [-0.25, -0.2) is 4.98 Å². The van der Waals surface area contributed by atoms with E-state index in [4.69, 9.17) is 4.98 Å². The van der Waals surface area contributed by atoms with Gasteiger partial charge in [0, 0.05) is 44.6 Å². The molecule has 5 heteroatoms. The molecule has 3 heterocycles. The Morgan fingerprint density at radius 1 is 0.362 bits per heavy atom. The fourth-order valence-corrected chi connectivity index (χ4v) is 11.3. The van der Waals surface area contributed by atoms with Gasteiger partial charge in [0.15, 0.2) is 0 Å². The highest BCUT2D eigenvalue weighted by Gasteiger charge is 2.36. The molecular weight excluding hydrogens is 839 g/mol. The van der Waals surface area contributed by atoms with Crippen molar-refractivity contribution in [1.29, 1.82) is 0 Å². The van der Waals surface area contributed by atoms with Crippen molar-refractivity contribution in [2.45, 2.75) is 19.3 Å². The second-order valence-corrected chi connectivity index (χ2v) is 18.9. The molecule has 69 heavy (non-hydrogen) atoms. The molecule has 0 atom stereocenters. The van der Waals surface area contributed by atoms with E-state index >= 15 is 0 Å². The number of imidazole rings is 2. The zero-order chi connectivity index (χ0) is 45.8. The Morgan fingerprint density at radius 3 is 1.70 bits per heavy atom. The van der Waals surface area contributed by atoms with Gasteiger partial charge in [-0.15, -0.1) is 0 Å². The fraction of sp³-hybridized carbons (Fsp3) is 0.0469. The van der Waals surface area contributed by atoms with Crippen LogP contribution < -0.4 is 4.90 Å². The van der Waals surface area contributed by atoms with Gasteiger partial charge in [0.05, 0.1) is 33.1 Å². The van der Waals surface area contributed by atoms with E-state index in [9.17, 15) is 0 Å². The fourth-order valence-electron chi connectivity index (χ4n) is 11.3. The molecule has 0 N–H and O–H groups in total. The summed E-state index contributed by atoms with van der Waals surface area (Å²) < 4.78 is 7.00. The van der Waals surface area contributed by atoms with Crippen molar-refractivity contribution in [3.8, 4) is 44.8 Å². The molecule has 0 amide bonds. The van der Waals surface area contributed by atoms with Gasteiger partial charge >= 0.3 is 0 Å². The van der Waals surface area contributed by atoms with Gasteiger partial charge in [-0.1, -0.05) is 153 Å². The minimum Gasteiger partial charge on any atom is -0.310 e. The predicted molar refractivity (Wildman–Crippen MR) is 287 cm³/mol. The van der Waals surface area contributed by atoms with Gasteiger partial charge in [0.2, 0.25) is 5.78 Å². The summed E-state index contributed by atoms with van der Waals surface area (Å²) in [5, 5.41) is 2.52. The number of benzene rings is 10. The Bertz CT molecular complexity index is 4130. The molecule has 5 nitrogen and oxygen atoms in total. The summed E-state index contributed by atoms with van der Waals surface area (Å²) >= 11 is 0. The minimum atomic E-state index is -0.111. The van der Waals surface area contributed by atoms with Gasteiger partial charge in [-0.3, -0.25) is 8.97 Å². The average Bonchev–Trinajstić information content (AvgIpc) is 4.11. The minimum absolute atomic E-state index is 0.111. The molecule has 0 fully saturated rings. The van der Waals surface area contributed by atoms with Gasteiger partial charge in [-0.05, 0) is 142 Å². The lowest BCUT2D eigenvalue weighted by molar-refractivity contribution is 0.661. The highest BCUT2D eigenvalue weighted by molar-refractivity contribution is 6.12. The number of anilines is 3. The standard InChI is InChI=1S/C64H45N5/c1-64(2)55-21-8-6-19-51(55)53-40-54-52-20-7-10-23-58(52)67(62(54)41-56(53)64)50-18-14-17-49(39-50)66(46-33-27-43(28-34-46)42-15-4-3-5-16-42)47-35-29-44(30-36-47)45-31-37-48(38-32-45)68-60-25-12-13-26-61(60)69-59-24-11-9-22-57(59)65-63(68)69/h3-41H,1-2H3. The molecule has 0 unspecified atom stereocenters. The zero-order valence-electron chi connectivity index (χ0n) is 38.3. The van der Waals surface area contributed by atoms with Crippen LogP contribution in [-0.4, -0.2) is 18.5 Å². The number of para-hydroxylation sites is 5. The number of hydrogen-bond donors (Lipinski definition) is 0. The van der Waals surface area contributed by atoms with Crippen molar-refractivity contribution in [3.05, 3.63) is 248 Å². The van der Waals surface area contributed by atoms with E-state index in [1.807, 2.05) is 0 Å². The van der Waals surface area contributed by atoms with E-state index in [0.29, 0.717) is 0 Å². The third-order valence-electron chi connectivity index (χ3n) is 14.6. The molecule has 13 aromatic rings. The third-order valence-corrected chi connectivity index (χ3v) is 14.6. The zero-order valence-corrected chi connectivity index (χ0v) is 38.3. The van der Waals surface area contributed by atoms with Gasteiger partial charge in [0.25, 0.3) is 0 Å². The number of fused-ring (bicyclic) bond motifs is 11. The van der Waals surface area contributed by atoms with E-state index in [1.54, 1.807) is 0 Å². The normalized spacial score (nSPS) is 12.9. The van der Waals surface area contributed by atoms with Crippen LogP contribution >= 0.6 is 0 Å². The monoisotopic (exact) mass is 883 g/mol. The second-order valence-electron chi connectivity index (χ2n) is 18.9. The molecule has 1 aliphatic carbocycles. The van der Waals surface area contributed by atoms with Crippen LogP contribution in [0.15, 0.2) is 237 Å². The van der Waals surface area contributed by atoms with Crippen molar-refractivity contribution >= 4 is 66.7 Å². The van der Waals surface area contributed by atoms with Gasteiger partial charge < -0.3 is 9.47 Å². The number of hydrogen-bond acceptors (Lipinski definition) is 2. The van der Waals surface area contributed by atoms with Crippen LogP contribution in [-0.2, 0) is 5.41 Å². The van der Waals surface area contributed by atoms with Crippen LogP contribution in [0.3, 0.4) is 0 Å². The van der Waals surface area contributed by atoms with Crippen LogP contribution in [0.25, 0.3) is 94.4 Å². The number of nitrogens with zero attached hydrogens (tertiary/aromatic N) is 5. The first-order valence-corrected chi connectivity index (χ1v) is 23.8. The van der Waals surface area contributed by atoms with Crippen LogP contribution in [0.1, 0.15) is 25.0 Å². The van der Waals surface area contributed by atoms with Crippen molar-refractivity contribution in [2.75, 3.05) is 4.90 Å². The third kappa shape index (κ3) is 6.00. The lowest BCUT2D eigenvalue weighted by atomic mass is 9.82. The van der Waals surface area contributed by atoms with E-state index in [0.717, 1.165) is 67.4 Å². The summed E-state index contributed by atoms with van der Waals surface area (Å²) in [6.07, 6.45) is 0. The summed E-state index contributed by atoms with van der Waals surface area (Å²) in [7, 11) is 0.